The second-order valence-electron chi connectivity index (χ2n) is 8.13. The summed E-state index contributed by atoms with van der Waals surface area (Å²) < 4.78 is 16.1. The van der Waals surface area contributed by atoms with Crippen LogP contribution in [-0.2, 0) is 19.0 Å². The topological polar surface area (TPSA) is 65.0 Å². The molecule has 23 heavy (non-hydrogen) atoms. The van der Waals surface area contributed by atoms with Crippen LogP contribution < -0.4 is 0 Å². The molecule has 0 aromatic carbocycles. The van der Waals surface area contributed by atoms with Crippen LogP contribution in [0.25, 0.3) is 0 Å². The Hall–Kier alpha value is -0.750. The van der Waals surface area contributed by atoms with E-state index in [-0.39, 0.29) is 35.2 Å². The van der Waals surface area contributed by atoms with Crippen LogP contribution in [0.15, 0.2) is 11.6 Å². The van der Waals surface area contributed by atoms with Crippen LogP contribution in [0, 0.1) is 22.7 Å². The number of hydrogen-bond acceptors (Lipinski definition) is 5. The fraction of sp³-hybridized carbons (Fsp3) is 0.833. The summed E-state index contributed by atoms with van der Waals surface area (Å²) in [5, 5.41) is 10.4. The molecular weight excluding hydrogens is 296 g/mol. The van der Waals surface area contributed by atoms with Gasteiger partial charge in [0.2, 0.25) is 0 Å². The molecule has 0 aromatic rings. The van der Waals surface area contributed by atoms with Gasteiger partial charge in [-0.05, 0) is 36.2 Å². The predicted octanol–water partition coefficient (Wildman–Crippen LogP) is 1.93. The Labute approximate surface area is 138 Å². The van der Waals surface area contributed by atoms with Gasteiger partial charge in [-0.1, -0.05) is 20.8 Å². The maximum absolute atomic E-state index is 12.4. The lowest BCUT2D eigenvalue weighted by atomic mass is 9.50. The first-order valence-corrected chi connectivity index (χ1v) is 8.44. The molecule has 0 radical (unpaired) electrons. The fourth-order valence-corrected chi connectivity index (χ4v) is 4.88. The van der Waals surface area contributed by atoms with E-state index in [1.54, 1.807) is 13.2 Å². The van der Waals surface area contributed by atoms with Crippen LogP contribution in [-0.4, -0.2) is 50.2 Å². The number of ether oxygens (including phenoxy) is 3. The molecule has 3 rings (SSSR count). The van der Waals surface area contributed by atoms with Gasteiger partial charge in [-0.25, -0.2) is 0 Å². The van der Waals surface area contributed by atoms with E-state index in [1.807, 2.05) is 0 Å². The van der Waals surface area contributed by atoms with Gasteiger partial charge in [0.05, 0.1) is 19.3 Å². The van der Waals surface area contributed by atoms with Gasteiger partial charge in [0.25, 0.3) is 0 Å². The van der Waals surface area contributed by atoms with Crippen molar-refractivity contribution in [2.75, 3.05) is 27.1 Å². The van der Waals surface area contributed by atoms with Crippen LogP contribution in [0.3, 0.4) is 0 Å². The zero-order valence-electron chi connectivity index (χ0n) is 14.5. The van der Waals surface area contributed by atoms with E-state index in [0.717, 1.165) is 18.4 Å². The minimum atomic E-state index is -0.507. The first-order chi connectivity index (χ1) is 10.8. The monoisotopic (exact) mass is 324 g/mol. The van der Waals surface area contributed by atoms with Crippen molar-refractivity contribution in [3.63, 3.8) is 0 Å². The minimum absolute atomic E-state index is 0.00467. The first kappa shape index (κ1) is 17.1. The highest BCUT2D eigenvalue weighted by Crippen LogP contribution is 2.64. The van der Waals surface area contributed by atoms with Gasteiger partial charge >= 0.3 is 0 Å². The van der Waals surface area contributed by atoms with Gasteiger partial charge < -0.3 is 19.3 Å². The third-order valence-corrected chi connectivity index (χ3v) is 6.00. The van der Waals surface area contributed by atoms with Gasteiger partial charge in [-0.2, -0.15) is 0 Å². The van der Waals surface area contributed by atoms with Crippen molar-refractivity contribution in [3.8, 4) is 0 Å². The van der Waals surface area contributed by atoms with Crippen molar-refractivity contribution in [1.82, 2.24) is 0 Å². The maximum atomic E-state index is 12.4. The predicted molar refractivity (Wildman–Crippen MR) is 84.8 cm³/mol. The van der Waals surface area contributed by atoms with Crippen LogP contribution in [0.5, 0.6) is 0 Å². The van der Waals surface area contributed by atoms with Gasteiger partial charge in [0.1, 0.15) is 12.9 Å². The molecule has 3 aliphatic rings. The zero-order valence-corrected chi connectivity index (χ0v) is 14.5. The second kappa shape index (κ2) is 5.96. The summed E-state index contributed by atoms with van der Waals surface area (Å²) >= 11 is 0. The molecule has 0 aromatic heterocycles. The number of fused-ring (bicyclic) bond motifs is 3. The summed E-state index contributed by atoms with van der Waals surface area (Å²) in [5.41, 5.74) is 0.658. The summed E-state index contributed by atoms with van der Waals surface area (Å²) in [6, 6.07) is 0. The summed E-state index contributed by atoms with van der Waals surface area (Å²) in [6.07, 6.45) is 2.82. The summed E-state index contributed by atoms with van der Waals surface area (Å²) in [4.78, 5) is 12.4. The Morgan fingerprint density at radius 3 is 2.70 bits per heavy atom. The number of carbonyl (C=O) groups excluding carboxylic acids is 1. The zero-order chi connectivity index (χ0) is 16.8. The molecule has 5 nitrogen and oxygen atoms in total. The van der Waals surface area contributed by atoms with E-state index in [9.17, 15) is 9.90 Å². The van der Waals surface area contributed by atoms with Gasteiger partial charge in [0.15, 0.2) is 5.78 Å². The summed E-state index contributed by atoms with van der Waals surface area (Å²) in [5.74, 6) is 0.506. The lowest BCUT2D eigenvalue weighted by molar-refractivity contribution is -0.181. The molecule has 3 aliphatic carbocycles. The quantitative estimate of drug-likeness (QED) is 0.597. The Bertz CT molecular complexity index is 512. The van der Waals surface area contributed by atoms with E-state index >= 15 is 0 Å². The average Bonchev–Trinajstić information content (AvgIpc) is 2.83. The van der Waals surface area contributed by atoms with Crippen molar-refractivity contribution >= 4 is 5.78 Å². The number of aliphatic hydroxyl groups excluding tert-OH is 1. The molecule has 5 heteroatoms. The highest BCUT2D eigenvalue weighted by Gasteiger charge is 2.66. The van der Waals surface area contributed by atoms with Crippen LogP contribution >= 0.6 is 0 Å². The molecule has 0 unspecified atom stereocenters. The van der Waals surface area contributed by atoms with Crippen molar-refractivity contribution < 1.29 is 24.1 Å². The van der Waals surface area contributed by atoms with Crippen molar-refractivity contribution in [2.24, 2.45) is 22.7 Å². The van der Waals surface area contributed by atoms with Gasteiger partial charge in [-0.15, -0.1) is 0 Å². The van der Waals surface area contributed by atoms with E-state index < -0.39 is 12.2 Å². The molecule has 0 bridgehead atoms. The maximum Gasteiger partial charge on any atom is 0.189 e. The third kappa shape index (κ3) is 2.68. The molecule has 0 aliphatic heterocycles. The first-order valence-electron chi connectivity index (χ1n) is 8.44. The van der Waals surface area contributed by atoms with Crippen molar-refractivity contribution in [1.29, 1.82) is 0 Å². The highest BCUT2D eigenvalue weighted by molar-refractivity contribution is 6.09. The number of ketones is 1. The molecule has 0 spiro atoms. The lowest BCUT2D eigenvalue weighted by Crippen LogP contribution is -2.63. The van der Waals surface area contributed by atoms with E-state index in [0.29, 0.717) is 13.2 Å². The second-order valence-corrected chi connectivity index (χ2v) is 8.13. The summed E-state index contributed by atoms with van der Waals surface area (Å²) in [6.45, 7) is 7.66. The Morgan fingerprint density at radius 1 is 1.26 bits per heavy atom. The minimum Gasteiger partial charge on any atom is -0.389 e. The standard InChI is InChI=1S/C18H28O5/c1-17(2)8-11-13(9-17)18(3)12(7-14(11)19)15(20)16(18)23-10-22-6-5-21-4/h7,11,13-14,16,19H,5-6,8-10H2,1-4H3/t11-,13+,14-,16+,18+/m1/s1. The van der Waals surface area contributed by atoms with Crippen LogP contribution in [0.4, 0.5) is 0 Å². The smallest absolute Gasteiger partial charge is 0.189 e. The number of rotatable bonds is 6. The number of Topliss-reactive ketones (excluding diaryl/α,β-unsaturated/α-hetero) is 1. The molecule has 1 N–H and O–H groups in total. The average molecular weight is 324 g/mol. The molecule has 0 heterocycles. The molecule has 2 saturated carbocycles. The SMILES string of the molecule is COCCOCO[C@H]1C(=O)C2=C[C@@H](O)[C@@H]3CC(C)(C)C[C@@H]3[C@]21C. The molecule has 0 amide bonds. The number of hydrogen-bond donors (Lipinski definition) is 1. The van der Waals surface area contributed by atoms with E-state index in [2.05, 4.69) is 20.8 Å². The largest absolute Gasteiger partial charge is 0.389 e. The number of carbonyl (C=O) groups is 1. The highest BCUT2D eigenvalue weighted by atomic mass is 16.7. The van der Waals surface area contributed by atoms with E-state index in [1.165, 1.54) is 0 Å². The van der Waals surface area contributed by atoms with Crippen molar-refractivity contribution in [3.05, 3.63) is 11.6 Å². The third-order valence-electron chi connectivity index (χ3n) is 6.00. The van der Waals surface area contributed by atoms with E-state index in [4.69, 9.17) is 14.2 Å². The normalized spacial score (nSPS) is 41.1. The Kier molecular flexibility index (Phi) is 4.42. The lowest BCUT2D eigenvalue weighted by Gasteiger charge is -2.55. The molecule has 0 saturated heterocycles. The van der Waals surface area contributed by atoms with Gasteiger partial charge in [-0.3, -0.25) is 4.79 Å². The van der Waals surface area contributed by atoms with Gasteiger partial charge in [0, 0.05) is 18.1 Å². The van der Waals surface area contributed by atoms with Crippen molar-refractivity contribution in [2.45, 2.75) is 45.8 Å². The number of aliphatic hydroxyl groups is 1. The number of methoxy groups -OCH3 is 1. The Balaban J connectivity index is 1.72. The molecule has 130 valence electrons. The molecular formula is C18H28O5. The summed E-state index contributed by atoms with van der Waals surface area (Å²) in [7, 11) is 1.62. The van der Waals surface area contributed by atoms with Crippen LogP contribution in [0.1, 0.15) is 33.6 Å². The molecule has 2 fully saturated rings. The molecule has 5 atom stereocenters. The fourth-order valence-electron chi connectivity index (χ4n) is 4.88. The van der Waals surface area contributed by atoms with Crippen LogP contribution in [0.2, 0.25) is 0 Å². The Morgan fingerprint density at radius 2 is 2.00 bits per heavy atom.